The molecule has 1 heterocycles. The van der Waals surface area contributed by atoms with Crippen LogP contribution in [0.25, 0.3) is 11.3 Å². The molecule has 1 N–H and O–H groups in total. The van der Waals surface area contributed by atoms with Gasteiger partial charge >= 0.3 is 0 Å². The number of rotatable bonds is 3. The second-order valence-corrected chi connectivity index (χ2v) is 5.20. The normalized spacial score (nSPS) is 10.8. The average Bonchev–Trinajstić information content (AvgIpc) is 2.38. The van der Waals surface area contributed by atoms with Gasteiger partial charge in [-0.25, -0.2) is 9.97 Å². The average molecular weight is 255 g/mol. The van der Waals surface area contributed by atoms with Crippen LogP contribution in [0.2, 0.25) is 0 Å². The van der Waals surface area contributed by atoms with Gasteiger partial charge in [-0.15, -0.1) is 0 Å². The highest BCUT2D eigenvalue weighted by molar-refractivity contribution is 5.66. The van der Waals surface area contributed by atoms with Gasteiger partial charge in [-0.2, -0.15) is 0 Å². The maximum absolute atomic E-state index is 4.56. The van der Waals surface area contributed by atoms with Crippen molar-refractivity contribution in [3.8, 4) is 11.3 Å². The maximum atomic E-state index is 4.56. The lowest BCUT2D eigenvalue weighted by Crippen LogP contribution is -2.00. The van der Waals surface area contributed by atoms with Crippen molar-refractivity contribution in [1.29, 1.82) is 0 Å². The van der Waals surface area contributed by atoms with Gasteiger partial charge in [0.2, 0.25) is 5.95 Å². The van der Waals surface area contributed by atoms with Gasteiger partial charge in [0, 0.05) is 18.3 Å². The van der Waals surface area contributed by atoms with Crippen LogP contribution in [-0.4, -0.2) is 17.0 Å². The monoisotopic (exact) mass is 255 g/mol. The zero-order valence-electron chi connectivity index (χ0n) is 12.3. The third-order valence-electron chi connectivity index (χ3n) is 3.28. The van der Waals surface area contributed by atoms with Crippen LogP contribution in [0, 0.1) is 13.8 Å². The van der Waals surface area contributed by atoms with E-state index >= 15 is 0 Å². The van der Waals surface area contributed by atoms with Crippen LogP contribution in [-0.2, 0) is 0 Å². The number of nitrogens with one attached hydrogen (secondary N) is 1. The smallest absolute Gasteiger partial charge is 0.223 e. The molecule has 0 bridgehead atoms. The lowest BCUT2D eigenvalue weighted by atomic mass is 9.96. The van der Waals surface area contributed by atoms with E-state index < -0.39 is 0 Å². The zero-order chi connectivity index (χ0) is 14.0. The lowest BCUT2D eigenvalue weighted by molar-refractivity contribution is 0.866. The van der Waals surface area contributed by atoms with Crippen molar-refractivity contribution in [1.82, 2.24) is 9.97 Å². The van der Waals surface area contributed by atoms with Crippen LogP contribution in [0.1, 0.15) is 36.6 Å². The summed E-state index contributed by atoms with van der Waals surface area (Å²) in [5, 5.41) is 3.01. The molecule has 0 saturated carbocycles. The Morgan fingerprint density at radius 3 is 2.42 bits per heavy atom. The maximum Gasteiger partial charge on any atom is 0.223 e. The highest BCUT2D eigenvalue weighted by Crippen LogP contribution is 2.27. The van der Waals surface area contributed by atoms with E-state index in [0.29, 0.717) is 11.9 Å². The van der Waals surface area contributed by atoms with Crippen LogP contribution < -0.4 is 5.32 Å². The van der Waals surface area contributed by atoms with Crippen molar-refractivity contribution in [3.05, 3.63) is 41.1 Å². The Kier molecular flexibility index (Phi) is 3.84. The molecule has 0 amide bonds. The number of aryl methyl sites for hydroxylation is 2. The molecule has 0 aliphatic rings. The van der Waals surface area contributed by atoms with Gasteiger partial charge in [0.15, 0.2) is 0 Å². The molecule has 100 valence electrons. The minimum absolute atomic E-state index is 0.519. The van der Waals surface area contributed by atoms with E-state index in [9.17, 15) is 0 Å². The Morgan fingerprint density at radius 1 is 1.05 bits per heavy atom. The molecule has 0 fully saturated rings. The highest BCUT2D eigenvalue weighted by atomic mass is 15.1. The van der Waals surface area contributed by atoms with Gasteiger partial charge in [-0.1, -0.05) is 26.0 Å². The minimum Gasteiger partial charge on any atom is -0.357 e. The standard InChI is InChI=1S/C16H21N3/c1-10(2)13-7-6-11(3)14(9-13)15-8-12(4)18-16(17-5)19-15/h6-10H,1-5H3,(H,17,18,19). The van der Waals surface area contributed by atoms with E-state index in [1.807, 2.05) is 20.0 Å². The van der Waals surface area contributed by atoms with Gasteiger partial charge in [0.1, 0.15) is 0 Å². The Balaban J connectivity index is 2.57. The highest BCUT2D eigenvalue weighted by Gasteiger charge is 2.09. The predicted octanol–water partition coefficient (Wildman–Crippen LogP) is 3.93. The molecule has 1 aromatic carbocycles. The summed E-state index contributed by atoms with van der Waals surface area (Å²) < 4.78 is 0. The first-order valence-corrected chi connectivity index (χ1v) is 6.65. The lowest BCUT2D eigenvalue weighted by Gasteiger charge is -2.12. The number of aromatic nitrogens is 2. The molecular weight excluding hydrogens is 234 g/mol. The first-order chi connectivity index (χ1) is 9.01. The van der Waals surface area contributed by atoms with Crippen molar-refractivity contribution >= 4 is 5.95 Å². The molecule has 0 radical (unpaired) electrons. The van der Waals surface area contributed by atoms with Crippen molar-refractivity contribution in [2.45, 2.75) is 33.6 Å². The van der Waals surface area contributed by atoms with Gasteiger partial charge in [-0.05, 0) is 43.0 Å². The Hall–Kier alpha value is -1.90. The molecule has 2 rings (SSSR count). The zero-order valence-corrected chi connectivity index (χ0v) is 12.3. The van der Waals surface area contributed by atoms with E-state index in [1.165, 1.54) is 16.7 Å². The molecule has 3 nitrogen and oxygen atoms in total. The topological polar surface area (TPSA) is 37.8 Å². The second kappa shape index (κ2) is 5.39. The largest absolute Gasteiger partial charge is 0.357 e. The van der Waals surface area contributed by atoms with Crippen LogP contribution in [0.4, 0.5) is 5.95 Å². The van der Waals surface area contributed by atoms with Crippen LogP contribution in [0.5, 0.6) is 0 Å². The number of hydrogen-bond donors (Lipinski definition) is 1. The van der Waals surface area contributed by atoms with Crippen molar-refractivity contribution in [3.63, 3.8) is 0 Å². The summed E-state index contributed by atoms with van der Waals surface area (Å²) in [5.74, 6) is 1.19. The van der Waals surface area contributed by atoms with Crippen LogP contribution >= 0.6 is 0 Å². The number of benzene rings is 1. The Morgan fingerprint density at radius 2 is 1.79 bits per heavy atom. The minimum atomic E-state index is 0.519. The molecule has 19 heavy (non-hydrogen) atoms. The van der Waals surface area contributed by atoms with Gasteiger partial charge in [0.25, 0.3) is 0 Å². The van der Waals surface area contributed by atoms with Gasteiger partial charge in [-0.3, -0.25) is 0 Å². The molecule has 0 aliphatic heterocycles. The molecule has 3 heteroatoms. The Bertz CT molecular complexity index is 589. The third-order valence-corrected chi connectivity index (χ3v) is 3.28. The summed E-state index contributed by atoms with van der Waals surface area (Å²) in [6.45, 7) is 8.53. The van der Waals surface area contributed by atoms with Gasteiger partial charge < -0.3 is 5.32 Å². The first-order valence-electron chi connectivity index (χ1n) is 6.65. The van der Waals surface area contributed by atoms with Gasteiger partial charge in [0.05, 0.1) is 5.69 Å². The SMILES string of the molecule is CNc1nc(C)cc(-c2cc(C(C)C)ccc2C)n1. The van der Waals surface area contributed by atoms with E-state index in [0.717, 1.165) is 11.4 Å². The number of anilines is 1. The van der Waals surface area contributed by atoms with Crippen LogP contribution in [0.3, 0.4) is 0 Å². The summed E-state index contributed by atoms with van der Waals surface area (Å²) in [4.78, 5) is 8.90. The molecule has 0 unspecified atom stereocenters. The third kappa shape index (κ3) is 2.92. The van der Waals surface area contributed by atoms with Crippen molar-refractivity contribution < 1.29 is 0 Å². The molecular formula is C16H21N3. The first kappa shape index (κ1) is 13.5. The van der Waals surface area contributed by atoms with E-state index in [-0.39, 0.29) is 0 Å². The fourth-order valence-electron chi connectivity index (χ4n) is 2.09. The number of nitrogens with zero attached hydrogens (tertiary/aromatic N) is 2. The quantitative estimate of drug-likeness (QED) is 0.903. The van der Waals surface area contributed by atoms with Crippen molar-refractivity contribution in [2.75, 3.05) is 12.4 Å². The summed E-state index contributed by atoms with van der Waals surface area (Å²) in [7, 11) is 1.84. The number of hydrogen-bond acceptors (Lipinski definition) is 3. The summed E-state index contributed by atoms with van der Waals surface area (Å²) in [6, 6.07) is 8.63. The molecule has 2 aromatic rings. The summed E-state index contributed by atoms with van der Waals surface area (Å²) in [6.07, 6.45) is 0. The molecule has 0 aliphatic carbocycles. The molecule has 0 spiro atoms. The van der Waals surface area contributed by atoms with E-state index in [2.05, 4.69) is 54.3 Å². The molecule has 0 saturated heterocycles. The summed E-state index contributed by atoms with van der Waals surface area (Å²) >= 11 is 0. The van der Waals surface area contributed by atoms with E-state index in [4.69, 9.17) is 0 Å². The predicted molar refractivity (Wildman–Crippen MR) is 80.6 cm³/mol. The fourth-order valence-corrected chi connectivity index (χ4v) is 2.09. The van der Waals surface area contributed by atoms with Crippen LogP contribution in [0.15, 0.2) is 24.3 Å². The molecule has 1 aromatic heterocycles. The summed E-state index contributed by atoms with van der Waals surface area (Å²) in [5.41, 5.74) is 5.72. The molecule has 0 atom stereocenters. The fraction of sp³-hybridized carbons (Fsp3) is 0.375. The van der Waals surface area contributed by atoms with Crippen molar-refractivity contribution in [2.24, 2.45) is 0 Å². The second-order valence-electron chi connectivity index (χ2n) is 5.20. The Labute approximate surface area is 115 Å². The van der Waals surface area contributed by atoms with E-state index in [1.54, 1.807) is 0 Å².